The lowest BCUT2D eigenvalue weighted by Crippen LogP contribution is -2.33. The molecule has 0 radical (unpaired) electrons. The summed E-state index contributed by atoms with van der Waals surface area (Å²) >= 11 is 3.42. The zero-order valence-corrected chi connectivity index (χ0v) is 16.5. The Morgan fingerprint density at radius 1 is 0.962 bits per heavy atom. The van der Waals surface area contributed by atoms with Crippen LogP contribution in [0.3, 0.4) is 0 Å². The highest BCUT2D eigenvalue weighted by Gasteiger charge is 2.36. The highest BCUT2D eigenvalue weighted by atomic mass is 79.9. The minimum Gasteiger partial charge on any atom is -0.466 e. The minimum atomic E-state index is -0.513. The van der Waals surface area contributed by atoms with Crippen LogP contribution in [0, 0.1) is 0 Å². The molecule has 0 saturated heterocycles. The summed E-state index contributed by atoms with van der Waals surface area (Å²) in [6.07, 6.45) is 8.06. The number of methoxy groups -OCH3 is 2. The average molecular weight is 420 g/mol. The van der Waals surface area contributed by atoms with E-state index in [0.717, 1.165) is 35.7 Å². The standard InChI is InChI=1S/C20H22BrNO4/c1-25-19(23)16-11-22(15-5-3-4-6-15)12-17(20(24)26-2)18(16)13-7-9-14(21)10-8-13/h7-12,15,18H,3-6H2,1-2H3. The van der Waals surface area contributed by atoms with Crippen LogP contribution in [0.1, 0.15) is 37.2 Å². The number of benzene rings is 1. The van der Waals surface area contributed by atoms with Crippen LogP contribution in [0.25, 0.3) is 0 Å². The van der Waals surface area contributed by atoms with Gasteiger partial charge in [0.2, 0.25) is 0 Å². The zero-order valence-electron chi connectivity index (χ0n) is 14.9. The maximum absolute atomic E-state index is 12.5. The Morgan fingerprint density at radius 3 is 1.92 bits per heavy atom. The van der Waals surface area contributed by atoms with Gasteiger partial charge >= 0.3 is 11.9 Å². The molecule has 5 nitrogen and oxygen atoms in total. The molecule has 26 heavy (non-hydrogen) atoms. The van der Waals surface area contributed by atoms with E-state index in [1.54, 1.807) is 0 Å². The zero-order chi connectivity index (χ0) is 18.7. The Hall–Kier alpha value is -2.08. The van der Waals surface area contributed by atoms with Crippen LogP contribution in [0.4, 0.5) is 0 Å². The van der Waals surface area contributed by atoms with E-state index in [1.165, 1.54) is 14.2 Å². The first kappa shape index (κ1) is 18.7. The molecular weight excluding hydrogens is 398 g/mol. The smallest absolute Gasteiger partial charge is 0.336 e. The summed E-state index contributed by atoms with van der Waals surface area (Å²) in [6.45, 7) is 0. The van der Waals surface area contributed by atoms with Gasteiger partial charge in [0.15, 0.2) is 0 Å². The van der Waals surface area contributed by atoms with Crippen LogP contribution in [-0.4, -0.2) is 37.1 Å². The molecule has 1 aliphatic carbocycles. The number of carbonyl (C=O) groups is 2. The molecule has 6 heteroatoms. The van der Waals surface area contributed by atoms with E-state index in [-0.39, 0.29) is 0 Å². The Labute approximate surface area is 161 Å². The van der Waals surface area contributed by atoms with E-state index in [0.29, 0.717) is 17.2 Å². The number of nitrogens with zero attached hydrogens (tertiary/aromatic N) is 1. The van der Waals surface area contributed by atoms with Gasteiger partial charge in [-0.15, -0.1) is 0 Å². The molecule has 1 heterocycles. The number of esters is 2. The summed E-state index contributed by atoms with van der Waals surface area (Å²) in [7, 11) is 2.72. The molecule has 1 aliphatic heterocycles. The average Bonchev–Trinajstić information content (AvgIpc) is 3.21. The molecule has 0 aromatic heterocycles. The Kier molecular flexibility index (Phi) is 5.81. The molecule has 0 amide bonds. The molecule has 0 spiro atoms. The van der Waals surface area contributed by atoms with E-state index in [1.807, 2.05) is 41.6 Å². The van der Waals surface area contributed by atoms with Crippen molar-refractivity contribution in [2.24, 2.45) is 0 Å². The van der Waals surface area contributed by atoms with Crippen LogP contribution in [-0.2, 0) is 19.1 Å². The minimum absolute atomic E-state index is 0.292. The van der Waals surface area contributed by atoms with Gasteiger partial charge in [-0.3, -0.25) is 0 Å². The fourth-order valence-corrected chi connectivity index (χ4v) is 3.94. The fraction of sp³-hybridized carbons (Fsp3) is 0.400. The summed E-state index contributed by atoms with van der Waals surface area (Å²) in [4.78, 5) is 27.0. The van der Waals surface area contributed by atoms with Gasteiger partial charge in [-0.05, 0) is 30.5 Å². The molecule has 2 aliphatic rings. The number of halogens is 1. The van der Waals surface area contributed by atoms with Crippen molar-refractivity contribution in [1.82, 2.24) is 4.90 Å². The normalized spacial score (nSPS) is 18.3. The van der Waals surface area contributed by atoms with Gasteiger partial charge in [0.05, 0.1) is 31.3 Å². The van der Waals surface area contributed by atoms with Crippen molar-refractivity contribution in [3.63, 3.8) is 0 Å². The van der Waals surface area contributed by atoms with Gasteiger partial charge in [-0.1, -0.05) is 40.9 Å². The van der Waals surface area contributed by atoms with E-state index in [4.69, 9.17) is 9.47 Å². The van der Waals surface area contributed by atoms with Crippen molar-refractivity contribution < 1.29 is 19.1 Å². The van der Waals surface area contributed by atoms with Crippen LogP contribution in [0.2, 0.25) is 0 Å². The maximum Gasteiger partial charge on any atom is 0.336 e. The predicted molar refractivity (Wildman–Crippen MR) is 101 cm³/mol. The Bertz CT molecular complexity index is 714. The summed E-state index contributed by atoms with van der Waals surface area (Å²) < 4.78 is 11.0. The second kappa shape index (κ2) is 8.08. The van der Waals surface area contributed by atoms with Gasteiger partial charge in [0.1, 0.15) is 0 Å². The van der Waals surface area contributed by atoms with Crippen molar-refractivity contribution in [2.45, 2.75) is 37.6 Å². The van der Waals surface area contributed by atoms with Crippen LogP contribution < -0.4 is 0 Å². The number of hydrogen-bond acceptors (Lipinski definition) is 5. The first-order valence-corrected chi connectivity index (χ1v) is 9.47. The Balaban J connectivity index is 2.09. The van der Waals surface area contributed by atoms with Crippen molar-refractivity contribution in [3.05, 3.63) is 57.8 Å². The largest absolute Gasteiger partial charge is 0.466 e. The molecule has 138 valence electrons. The lowest BCUT2D eigenvalue weighted by Gasteiger charge is -2.33. The summed E-state index contributed by atoms with van der Waals surface area (Å²) in [5.41, 5.74) is 1.74. The van der Waals surface area contributed by atoms with E-state index in [2.05, 4.69) is 15.9 Å². The number of hydrogen-bond donors (Lipinski definition) is 0. The first-order valence-electron chi connectivity index (χ1n) is 8.68. The van der Waals surface area contributed by atoms with E-state index < -0.39 is 17.9 Å². The van der Waals surface area contributed by atoms with Crippen LogP contribution >= 0.6 is 15.9 Å². The molecule has 1 aromatic rings. The SMILES string of the molecule is COC(=O)C1=CN(C2CCCC2)C=C(C(=O)OC)C1c1ccc(Br)cc1. The van der Waals surface area contributed by atoms with Crippen LogP contribution in [0.5, 0.6) is 0 Å². The second-order valence-corrected chi connectivity index (χ2v) is 7.44. The van der Waals surface area contributed by atoms with Crippen molar-refractivity contribution >= 4 is 27.9 Å². The molecule has 1 aromatic carbocycles. The third-order valence-electron chi connectivity index (χ3n) is 4.99. The summed E-state index contributed by atoms with van der Waals surface area (Å²) in [6, 6.07) is 7.87. The molecule has 3 rings (SSSR count). The Morgan fingerprint density at radius 2 is 1.46 bits per heavy atom. The van der Waals surface area contributed by atoms with Gasteiger partial charge in [-0.2, -0.15) is 0 Å². The molecule has 1 fully saturated rings. The highest BCUT2D eigenvalue weighted by Crippen LogP contribution is 2.39. The number of rotatable bonds is 4. The lowest BCUT2D eigenvalue weighted by atomic mass is 9.83. The predicted octanol–water partition coefficient (Wildman–Crippen LogP) is 3.90. The molecule has 0 atom stereocenters. The molecule has 1 saturated carbocycles. The number of ether oxygens (including phenoxy) is 2. The summed E-state index contributed by atoms with van der Waals surface area (Å²) in [5, 5.41) is 0. The molecular formula is C20H22BrNO4. The van der Waals surface area contributed by atoms with Crippen LogP contribution in [0.15, 0.2) is 52.3 Å². The lowest BCUT2D eigenvalue weighted by molar-refractivity contribution is -0.137. The van der Waals surface area contributed by atoms with Crippen molar-refractivity contribution in [1.29, 1.82) is 0 Å². The monoisotopic (exact) mass is 419 g/mol. The molecule has 0 unspecified atom stereocenters. The molecule has 0 N–H and O–H groups in total. The summed E-state index contributed by atoms with van der Waals surface area (Å²) in [5.74, 6) is -1.38. The van der Waals surface area contributed by atoms with E-state index in [9.17, 15) is 9.59 Å². The second-order valence-electron chi connectivity index (χ2n) is 6.52. The quantitative estimate of drug-likeness (QED) is 0.692. The molecule has 0 bridgehead atoms. The van der Waals surface area contributed by atoms with Gasteiger partial charge in [0.25, 0.3) is 0 Å². The highest BCUT2D eigenvalue weighted by molar-refractivity contribution is 9.10. The number of carbonyl (C=O) groups excluding carboxylic acids is 2. The van der Waals surface area contributed by atoms with Gasteiger partial charge < -0.3 is 14.4 Å². The van der Waals surface area contributed by atoms with Crippen molar-refractivity contribution in [3.8, 4) is 0 Å². The van der Waals surface area contributed by atoms with Crippen molar-refractivity contribution in [2.75, 3.05) is 14.2 Å². The maximum atomic E-state index is 12.5. The third-order valence-corrected chi connectivity index (χ3v) is 5.52. The first-order chi connectivity index (χ1) is 12.5. The van der Waals surface area contributed by atoms with E-state index >= 15 is 0 Å². The third kappa shape index (κ3) is 3.70. The van der Waals surface area contributed by atoms with Gasteiger partial charge in [0, 0.05) is 22.9 Å². The van der Waals surface area contributed by atoms with Gasteiger partial charge in [-0.25, -0.2) is 9.59 Å². The topological polar surface area (TPSA) is 55.8 Å². The fourth-order valence-electron chi connectivity index (χ4n) is 3.68.